The Bertz CT molecular complexity index is 760. The predicted molar refractivity (Wildman–Crippen MR) is 112 cm³/mol. The predicted octanol–water partition coefficient (Wildman–Crippen LogP) is 3.71. The number of aromatic nitrogens is 1. The van der Waals surface area contributed by atoms with Gasteiger partial charge in [0.1, 0.15) is 16.0 Å². The van der Waals surface area contributed by atoms with Gasteiger partial charge in [-0.3, -0.25) is 0 Å². The minimum Gasteiger partial charge on any atom is -0.485 e. The lowest BCUT2D eigenvalue weighted by Gasteiger charge is -2.46. The number of amides is 1. The first-order valence-electron chi connectivity index (χ1n) is 9.58. The third-order valence-corrected chi connectivity index (χ3v) is 7.19. The molecule has 0 radical (unpaired) electrons. The van der Waals surface area contributed by atoms with Crippen LogP contribution in [0.1, 0.15) is 58.6 Å². The highest BCUT2D eigenvalue weighted by Gasteiger charge is 2.45. The summed E-state index contributed by atoms with van der Waals surface area (Å²) in [5.41, 5.74) is 0.545. The van der Waals surface area contributed by atoms with Gasteiger partial charge in [0.25, 0.3) is 0 Å². The van der Waals surface area contributed by atoms with E-state index in [-0.39, 0.29) is 16.9 Å². The van der Waals surface area contributed by atoms with Gasteiger partial charge in [0.05, 0.1) is 34.6 Å². The first kappa shape index (κ1) is 21.5. The lowest BCUT2D eigenvalue weighted by atomic mass is 9.81. The number of piperidine rings is 1. The number of pyridine rings is 1. The molecule has 1 aromatic heterocycles. The Morgan fingerprint density at radius 2 is 2.14 bits per heavy atom. The van der Waals surface area contributed by atoms with Gasteiger partial charge in [-0.05, 0) is 49.7 Å². The molecular formula is C19H28BrN3O4S. The topological polar surface area (TPSA) is 80.8 Å². The molecule has 0 unspecified atom stereocenters. The van der Waals surface area contributed by atoms with Gasteiger partial charge < -0.3 is 14.4 Å². The van der Waals surface area contributed by atoms with Crippen molar-refractivity contribution < 1.29 is 18.5 Å². The molecule has 28 heavy (non-hydrogen) atoms. The van der Waals surface area contributed by atoms with Crippen molar-refractivity contribution in [2.75, 3.05) is 19.7 Å². The summed E-state index contributed by atoms with van der Waals surface area (Å²) in [5, 5.41) is 0. The average Bonchev–Trinajstić information content (AvgIpc) is 2.62. The summed E-state index contributed by atoms with van der Waals surface area (Å²) >= 11 is 3.42. The molecule has 1 aromatic rings. The number of hydrogen-bond acceptors (Lipinski definition) is 5. The summed E-state index contributed by atoms with van der Waals surface area (Å²) in [6.45, 7) is 9.18. The van der Waals surface area contributed by atoms with Crippen LogP contribution in [0.4, 0.5) is 4.79 Å². The number of nitrogens with one attached hydrogen (secondary N) is 1. The van der Waals surface area contributed by atoms with Crippen molar-refractivity contribution in [3.63, 3.8) is 0 Å². The van der Waals surface area contributed by atoms with Crippen LogP contribution in [0.5, 0.6) is 5.75 Å². The largest absolute Gasteiger partial charge is 0.485 e. The maximum atomic E-state index is 12.8. The number of halogens is 1. The summed E-state index contributed by atoms with van der Waals surface area (Å²) in [7, 11) is -1.21. The lowest BCUT2D eigenvalue weighted by molar-refractivity contribution is -0.0222. The number of nitrogens with zero attached hydrogens (tertiary/aromatic N) is 2. The van der Waals surface area contributed by atoms with Crippen LogP contribution in [0.2, 0.25) is 0 Å². The molecule has 1 saturated heterocycles. The Morgan fingerprint density at radius 1 is 1.46 bits per heavy atom. The smallest absolute Gasteiger partial charge is 0.409 e. The van der Waals surface area contributed by atoms with E-state index in [1.807, 2.05) is 26.8 Å². The molecule has 1 spiro atoms. The highest BCUT2D eigenvalue weighted by atomic mass is 79.9. The number of carbonyl (C=O) groups excluding carboxylic acids is 1. The van der Waals surface area contributed by atoms with Gasteiger partial charge >= 0.3 is 6.09 Å². The third-order valence-electron chi connectivity index (χ3n) is 5.15. The fourth-order valence-electron chi connectivity index (χ4n) is 3.57. The zero-order chi connectivity index (χ0) is 20.5. The van der Waals surface area contributed by atoms with Crippen LogP contribution in [0.15, 0.2) is 16.9 Å². The van der Waals surface area contributed by atoms with E-state index in [0.717, 1.165) is 10.2 Å². The van der Waals surface area contributed by atoms with Crippen molar-refractivity contribution in [2.24, 2.45) is 0 Å². The highest BCUT2D eigenvalue weighted by Crippen LogP contribution is 2.45. The summed E-state index contributed by atoms with van der Waals surface area (Å²) in [4.78, 5) is 18.0. The number of carbonyl (C=O) groups is 1. The van der Waals surface area contributed by atoms with Crippen LogP contribution < -0.4 is 9.46 Å². The first-order chi connectivity index (χ1) is 13.1. The summed E-state index contributed by atoms with van der Waals surface area (Å²) < 4.78 is 27.9. The lowest BCUT2D eigenvalue weighted by Crippen LogP contribution is -2.53. The molecule has 0 aromatic carbocycles. The molecule has 1 amide bonds. The zero-order valence-corrected chi connectivity index (χ0v) is 19.2. The van der Waals surface area contributed by atoms with Crippen LogP contribution in [0.3, 0.4) is 0 Å². The zero-order valence-electron chi connectivity index (χ0n) is 16.8. The van der Waals surface area contributed by atoms with Gasteiger partial charge in [-0.25, -0.2) is 18.7 Å². The Hall–Kier alpha value is -1.19. The van der Waals surface area contributed by atoms with Crippen LogP contribution in [-0.4, -0.2) is 50.2 Å². The van der Waals surface area contributed by atoms with E-state index >= 15 is 0 Å². The Morgan fingerprint density at radius 3 is 2.75 bits per heavy atom. The molecule has 0 saturated carbocycles. The quantitative estimate of drug-likeness (QED) is 0.676. The number of likely N-dealkylation sites (tertiary alicyclic amines) is 1. The Labute approximate surface area is 177 Å². The van der Waals surface area contributed by atoms with Crippen LogP contribution >= 0.6 is 15.9 Å². The van der Waals surface area contributed by atoms with E-state index in [9.17, 15) is 9.00 Å². The van der Waals surface area contributed by atoms with Crippen molar-refractivity contribution in [3.05, 3.63) is 22.4 Å². The van der Waals surface area contributed by atoms with Crippen molar-refractivity contribution in [3.8, 4) is 5.75 Å². The second-order valence-corrected chi connectivity index (χ2v) is 11.1. The van der Waals surface area contributed by atoms with Crippen molar-refractivity contribution in [2.45, 2.75) is 63.3 Å². The summed E-state index contributed by atoms with van der Waals surface area (Å²) in [5.74, 6) is 0.711. The summed E-state index contributed by atoms with van der Waals surface area (Å²) in [6.07, 6.45) is 3.52. The first-order valence-corrected chi connectivity index (χ1v) is 11.5. The van der Waals surface area contributed by atoms with Crippen molar-refractivity contribution in [1.29, 1.82) is 0 Å². The van der Waals surface area contributed by atoms with E-state index in [2.05, 4.69) is 25.6 Å². The molecule has 9 heteroatoms. The Balaban J connectivity index is 1.81. The van der Waals surface area contributed by atoms with Crippen LogP contribution in [-0.2, 0) is 15.7 Å². The minimum absolute atomic E-state index is 0.114. The van der Waals surface area contributed by atoms with Gasteiger partial charge in [0.2, 0.25) is 0 Å². The molecule has 2 atom stereocenters. The molecule has 3 rings (SSSR count). The average molecular weight is 474 g/mol. The number of hydrogen-bond donors (Lipinski definition) is 1. The van der Waals surface area contributed by atoms with Gasteiger partial charge in [-0.1, -0.05) is 0 Å². The molecule has 1 fully saturated rings. The van der Waals surface area contributed by atoms with Gasteiger partial charge in [0.15, 0.2) is 0 Å². The van der Waals surface area contributed by atoms with Gasteiger partial charge in [-0.15, -0.1) is 0 Å². The maximum Gasteiger partial charge on any atom is 0.409 e. The van der Waals surface area contributed by atoms with E-state index in [4.69, 9.17) is 9.47 Å². The summed E-state index contributed by atoms with van der Waals surface area (Å²) in [6, 6.07) is 1.81. The molecular weight excluding hydrogens is 446 g/mol. The van der Waals surface area contributed by atoms with E-state index in [1.165, 1.54) is 0 Å². The molecule has 0 bridgehead atoms. The van der Waals surface area contributed by atoms with Gasteiger partial charge in [-0.2, -0.15) is 0 Å². The van der Waals surface area contributed by atoms with Crippen molar-refractivity contribution in [1.82, 2.24) is 14.6 Å². The van der Waals surface area contributed by atoms with Crippen molar-refractivity contribution >= 4 is 33.0 Å². The fraction of sp³-hybridized carbons (Fsp3) is 0.684. The van der Waals surface area contributed by atoms with E-state index < -0.39 is 16.6 Å². The Kier molecular flexibility index (Phi) is 6.36. The SMILES string of the molecule is CCOC(=O)N1CCC2(CC1)C[C@H](N[S@@](=O)C(C)(C)C)c1cc(Br)ncc1O2. The standard InChI is InChI=1S/C19H28BrN3O4S/c1-5-26-17(24)23-8-6-19(7-9-23)11-14(22-28(25)18(2,3)4)13-10-16(20)21-12-15(13)27-19/h10,12,14,22H,5-9,11H2,1-4H3/t14-,28-/m0/s1. The van der Waals surface area contributed by atoms with E-state index in [0.29, 0.717) is 44.7 Å². The monoisotopic (exact) mass is 473 g/mol. The molecule has 2 aliphatic heterocycles. The van der Waals surface area contributed by atoms with E-state index in [1.54, 1.807) is 18.0 Å². The number of fused-ring (bicyclic) bond motifs is 1. The van der Waals surface area contributed by atoms with Gasteiger partial charge in [0, 0.05) is 37.9 Å². The molecule has 7 nitrogen and oxygen atoms in total. The highest BCUT2D eigenvalue weighted by molar-refractivity contribution is 9.10. The minimum atomic E-state index is -1.21. The second-order valence-electron chi connectivity index (χ2n) is 8.27. The second kappa shape index (κ2) is 8.28. The molecule has 0 aliphatic carbocycles. The normalized spacial score (nSPS) is 22.3. The molecule has 156 valence electrons. The van der Waals surface area contributed by atoms with Crippen LogP contribution in [0.25, 0.3) is 0 Å². The molecule has 2 aliphatic rings. The number of ether oxygens (including phenoxy) is 2. The molecule has 3 heterocycles. The molecule has 1 N–H and O–H groups in total. The maximum absolute atomic E-state index is 12.8. The van der Waals surface area contributed by atoms with Crippen LogP contribution in [0, 0.1) is 0 Å². The number of rotatable bonds is 3. The third kappa shape index (κ3) is 4.68. The fourth-order valence-corrected chi connectivity index (χ4v) is 4.75.